The van der Waals surface area contributed by atoms with Crippen molar-refractivity contribution in [2.75, 3.05) is 0 Å². The van der Waals surface area contributed by atoms with Crippen LogP contribution >= 0.6 is 0 Å². The van der Waals surface area contributed by atoms with Gasteiger partial charge in [0.1, 0.15) is 5.75 Å². The van der Waals surface area contributed by atoms with Gasteiger partial charge in [-0.05, 0) is 42.0 Å². The fraction of sp³-hybridized carbons (Fsp3) is 0.364. The number of hydrogen-bond acceptors (Lipinski definition) is 3. The van der Waals surface area contributed by atoms with Gasteiger partial charge in [-0.25, -0.2) is 0 Å². The van der Waals surface area contributed by atoms with Gasteiger partial charge in [0.2, 0.25) is 0 Å². The van der Waals surface area contributed by atoms with E-state index >= 15 is 0 Å². The summed E-state index contributed by atoms with van der Waals surface area (Å²) in [4.78, 5) is 15.3. The van der Waals surface area contributed by atoms with Crippen molar-refractivity contribution in [2.24, 2.45) is 5.90 Å². The predicted octanol–water partition coefficient (Wildman–Crippen LogP) is 1.44. The Morgan fingerprint density at radius 2 is 2.40 bits per heavy atom. The molecule has 0 heterocycles. The molecule has 0 aliphatic heterocycles. The van der Waals surface area contributed by atoms with Gasteiger partial charge in [-0.3, -0.25) is 4.79 Å². The van der Waals surface area contributed by atoms with E-state index in [1.165, 1.54) is 0 Å². The maximum absolute atomic E-state index is 10.6. The lowest BCUT2D eigenvalue weighted by Crippen LogP contribution is -2.04. The number of rotatable bonds is 3. The number of benzene rings is 1. The third kappa shape index (κ3) is 1.94. The Hall–Kier alpha value is -1.55. The summed E-state index contributed by atoms with van der Waals surface area (Å²) in [5, 5.41) is 8.76. The maximum Gasteiger partial charge on any atom is 0.303 e. The fourth-order valence-electron chi connectivity index (χ4n) is 2.18. The Kier molecular flexibility index (Phi) is 2.60. The van der Waals surface area contributed by atoms with E-state index in [1.54, 1.807) is 6.07 Å². The Balaban J connectivity index is 2.24. The molecule has 4 nitrogen and oxygen atoms in total. The predicted molar refractivity (Wildman–Crippen MR) is 54.6 cm³/mol. The number of fused-ring (bicyclic) bond motifs is 1. The van der Waals surface area contributed by atoms with Crippen molar-refractivity contribution >= 4 is 5.97 Å². The zero-order valence-electron chi connectivity index (χ0n) is 8.27. The normalized spacial score (nSPS) is 18.6. The van der Waals surface area contributed by atoms with E-state index in [0.29, 0.717) is 5.75 Å². The third-order valence-corrected chi connectivity index (χ3v) is 2.87. The summed E-state index contributed by atoms with van der Waals surface area (Å²) in [6, 6.07) is 5.58. The highest BCUT2D eigenvalue weighted by Crippen LogP contribution is 2.36. The van der Waals surface area contributed by atoms with Crippen LogP contribution in [0.5, 0.6) is 5.75 Å². The number of carboxylic acid groups (broad SMARTS) is 1. The summed E-state index contributed by atoms with van der Waals surface area (Å²) in [5.41, 5.74) is 2.28. The summed E-state index contributed by atoms with van der Waals surface area (Å²) >= 11 is 0. The molecule has 80 valence electrons. The van der Waals surface area contributed by atoms with Crippen molar-refractivity contribution in [3.8, 4) is 5.75 Å². The molecule has 4 heteroatoms. The summed E-state index contributed by atoms with van der Waals surface area (Å²) in [6.07, 6.45) is 2.01. The van der Waals surface area contributed by atoms with Crippen molar-refractivity contribution < 1.29 is 14.7 Å². The van der Waals surface area contributed by atoms with Crippen LogP contribution < -0.4 is 10.7 Å². The van der Waals surface area contributed by atoms with Gasteiger partial charge in [0, 0.05) is 0 Å². The molecule has 0 fully saturated rings. The van der Waals surface area contributed by atoms with Crippen LogP contribution in [0.3, 0.4) is 0 Å². The second-order valence-electron chi connectivity index (χ2n) is 3.81. The van der Waals surface area contributed by atoms with Crippen LogP contribution in [0.15, 0.2) is 18.2 Å². The Labute approximate surface area is 87.6 Å². The molecular formula is C11H13NO3. The molecule has 0 spiro atoms. The van der Waals surface area contributed by atoms with Crippen LogP contribution in [-0.4, -0.2) is 11.1 Å². The van der Waals surface area contributed by atoms with Gasteiger partial charge in [0.15, 0.2) is 0 Å². The zero-order chi connectivity index (χ0) is 10.8. The molecule has 0 saturated heterocycles. The molecule has 15 heavy (non-hydrogen) atoms. The van der Waals surface area contributed by atoms with Crippen molar-refractivity contribution in [1.29, 1.82) is 0 Å². The van der Waals surface area contributed by atoms with Crippen molar-refractivity contribution in [3.63, 3.8) is 0 Å². The lowest BCUT2D eigenvalue weighted by atomic mass is 9.98. The molecule has 1 aliphatic carbocycles. The molecule has 0 aromatic heterocycles. The van der Waals surface area contributed by atoms with Gasteiger partial charge in [-0.15, -0.1) is 0 Å². The van der Waals surface area contributed by atoms with Gasteiger partial charge in [-0.1, -0.05) is 6.07 Å². The van der Waals surface area contributed by atoms with Gasteiger partial charge in [0.05, 0.1) is 6.42 Å². The van der Waals surface area contributed by atoms with Crippen molar-refractivity contribution in [2.45, 2.75) is 25.2 Å². The van der Waals surface area contributed by atoms with E-state index in [2.05, 4.69) is 4.84 Å². The lowest BCUT2D eigenvalue weighted by molar-refractivity contribution is -0.137. The third-order valence-electron chi connectivity index (χ3n) is 2.87. The first-order chi connectivity index (χ1) is 7.20. The topological polar surface area (TPSA) is 72.5 Å². The standard InChI is InChI=1S/C11H13NO3/c12-15-9-3-4-10-7(5-9)1-2-8(10)6-11(13)14/h3-5,8H,1-2,6,12H2,(H,13,14)/t8-/m0/s1. The number of aliphatic carboxylic acids is 1. The van der Waals surface area contributed by atoms with Crippen molar-refractivity contribution in [1.82, 2.24) is 0 Å². The van der Waals surface area contributed by atoms with Crippen LogP contribution in [0.1, 0.15) is 29.9 Å². The molecule has 1 atom stereocenters. The van der Waals surface area contributed by atoms with E-state index in [4.69, 9.17) is 11.0 Å². The van der Waals surface area contributed by atoms with Crippen LogP contribution in [0, 0.1) is 0 Å². The number of carboxylic acids is 1. The summed E-state index contributed by atoms with van der Waals surface area (Å²) < 4.78 is 0. The lowest BCUT2D eigenvalue weighted by Gasteiger charge is -2.08. The van der Waals surface area contributed by atoms with E-state index in [9.17, 15) is 4.79 Å². The van der Waals surface area contributed by atoms with Crippen molar-refractivity contribution in [3.05, 3.63) is 29.3 Å². The Morgan fingerprint density at radius 3 is 3.07 bits per heavy atom. The molecule has 1 aromatic rings. The first-order valence-corrected chi connectivity index (χ1v) is 4.92. The average Bonchev–Trinajstić information content (AvgIpc) is 2.60. The summed E-state index contributed by atoms with van der Waals surface area (Å²) in [6.45, 7) is 0. The number of aryl methyl sites for hydroxylation is 1. The quantitative estimate of drug-likeness (QED) is 0.736. The number of nitrogens with two attached hydrogens (primary N) is 1. The highest BCUT2D eigenvalue weighted by atomic mass is 16.6. The van der Waals surface area contributed by atoms with Gasteiger partial charge in [0.25, 0.3) is 0 Å². The van der Waals surface area contributed by atoms with E-state index in [-0.39, 0.29) is 12.3 Å². The van der Waals surface area contributed by atoms with E-state index in [0.717, 1.165) is 24.0 Å². The number of hydrogen-bond donors (Lipinski definition) is 2. The minimum atomic E-state index is -0.744. The monoisotopic (exact) mass is 207 g/mol. The molecule has 3 N–H and O–H groups in total. The maximum atomic E-state index is 10.6. The molecule has 0 saturated carbocycles. The van der Waals surface area contributed by atoms with Crippen LogP contribution in [0.25, 0.3) is 0 Å². The largest absolute Gasteiger partial charge is 0.481 e. The molecule has 0 bridgehead atoms. The molecule has 1 aromatic carbocycles. The Bertz CT molecular complexity index is 389. The van der Waals surface area contributed by atoms with Gasteiger partial charge in [-0.2, -0.15) is 5.90 Å². The molecule has 1 aliphatic rings. The van der Waals surface area contributed by atoms with Crippen LogP contribution in [-0.2, 0) is 11.2 Å². The highest BCUT2D eigenvalue weighted by Gasteiger charge is 2.24. The fourth-order valence-corrected chi connectivity index (χ4v) is 2.18. The first kappa shape index (κ1) is 9.98. The first-order valence-electron chi connectivity index (χ1n) is 4.92. The minimum absolute atomic E-state index is 0.143. The summed E-state index contributed by atoms with van der Waals surface area (Å²) in [7, 11) is 0. The van der Waals surface area contributed by atoms with E-state index in [1.807, 2.05) is 12.1 Å². The molecular weight excluding hydrogens is 194 g/mol. The van der Waals surface area contributed by atoms with Gasteiger partial charge >= 0.3 is 5.97 Å². The molecule has 2 rings (SSSR count). The molecule has 0 radical (unpaired) electrons. The smallest absolute Gasteiger partial charge is 0.303 e. The second-order valence-corrected chi connectivity index (χ2v) is 3.81. The SMILES string of the molecule is NOc1ccc2c(c1)CC[C@H]2CC(=O)O. The molecule has 0 amide bonds. The highest BCUT2D eigenvalue weighted by molar-refractivity contribution is 5.68. The minimum Gasteiger partial charge on any atom is -0.481 e. The van der Waals surface area contributed by atoms with Crippen LogP contribution in [0.4, 0.5) is 0 Å². The average molecular weight is 207 g/mol. The molecule has 0 unspecified atom stereocenters. The number of carbonyl (C=O) groups is 1. The Morgan fingerprint density at radius 1 is 1.60 bits per heavy atom. The van der Waals surface area contributed by atoms with Gasteiger partial charge < -0.3 is 9.94 Å². The zero-order valence-corrected chi connectivity index (χ0v) is 8.27. The summed E-state index contributed by atoms with van der Waals surface area (Å²) in [5.74, 6) is 5.09. The second kappa shape index (κ2) is 3.90. The van der Waals surface area contributed by atoms with E-state index < -0.39 is 5.97 Å². The van der Waals surface area contributed by atoms with Crippen LogP contribution in [0.2, 0.25) is 0 Å².